The molecule has 1 fully saturated rings. The Labute approximate surface area is 173 Å². The highest BCUT2D eigenvalue weighted by atomic mass is 32.2. The summed E-state index contributed by atoms with van der Waals surface area (Å²) in [6.07, 6.45) is 2.28. The van der Waals surface area contributed by atoms with Gasteiger partial charge in [-0.3, -0.25) is 14.5 Å². The fourth-order valence-corrected chi connectivity index (χ4v) is 4.07. The molecule has 1 atom stereocenters. The topological polar surface area (TPSA) is 69.6 Å². The number of amides is 2. The number of hydrogen-bond donors (Lipinski definition) is 2. The van der Waals surface area contributed by atoms with Crippen LogP contribution in [-0.2, 0) is 16.0 Å². The van der Waals surface area contributed by atoms with Gasteiger partial charge in [0.2, 0.25) is 5.91 Å². The van der Waals surface area contributed by atoms with Crippen molar-refractivity contribution in [1.29, 1.82) is 0 Å². The third kappa shape index (κ3) is 5.28. The number of aliphatic hydroxyl groups is 1. The maximum Gasteiger partial charge on any atom is 0.266 e. The monoisotopic (exact) mass is 412 g/mol. The largest absolute Gasteiger partial charge is 0.394 e. The van der Waals surface area contributed by atoms with E-state index in [2.05, 4.69) is 5.32 Å². The van der Waals surface area contributed by atoms with Crippen molar-refractivity contribution < 1.29 is 14.7 Å². The van der Waals surface area contributed by atoms with Crippen LogP contribution in [0.2, 0.25) is 0 Å². The number of nitrogens with zero attached hydrogens (tertiary/aromatic N) is 1. The molecular weight excluding hydrogens is 392 g/mol. The van der Waals surface area contributed by atoms with Crippen molar-refractivity contribution in [1.82, 2.24) is 10.2 Å². The van der Waals surface area contributed by atoms with Crippen molar-refractivity contribution in [2.45, 2.75) is 12.5 Å². The van der Waals surface area contributed by atoms with Gasteiger partial charge in [-0.25, -0.2) is 0 Å². The number of thiocarbonyl (C=S) groups is 1. The van der Waals surface area contributed by atoms with E-state index in [4.69, 9.17) is 12.2 Å². The predicted octanol–water partition coefficient (Wildman–Crippen LogP) is 2.61. The Balaban J connectivity index is 1.61. The second kappa shape index (κ2) is 9.64. The lowest BCUT2D eigenvalue weighted by Gasteiger charge is -2.19. The SMILES string of the molecule is O=C(CN1C(=O)/C(=C/c2ccccc2)SC1=S)N[C@H](CO)Cc1ccccc1. The molecule has 1 aliphatic heterocycles. The van der Waals surface area contributed by atoms with E-state index < -0.39 is 6.04 Å². The lowest BCUT2D eigenvalue weighted by atomic mass is 10.1. The maximum atomic E-state index is 12.6. The predicted molar refractivity (Wildman–Crippen MR) is 115 cm³/mol. The molecule has 0 radical (unpaired) electrons. The summed E-state index contributed by atoms with van der Waals surface area (Å²) < 4.78 is 0.353. The molecule has 2 aromatic carbocycles. The molecular formula is C21H20N2O3S2. The molecule has 3 rings (SSSR count). The Morgan fingerprint density at radius 2 is 1.79 bits per heavy atom. The zero-order valence-electron chi connectivity index (χ0n) is 15.1. The minimum atomic E-state index is -0.423. The Hall–Kier alpha value is -2.48. The molecule has 0 unspecified atom stereocenters. The molecule has 0 spiro atoms. The first kappa shape index (κ1) is 20.3. The number of nitrogens with one attached hydrogen (secondary N) is 1. The van der Waals surface area contributed by atoms with Crippen LogP contribution in [0, 0.1) is 0 Å². The molecule has 1 heterocycles. The molecule has 2 aromatic rings. The van der Waals surface area contributed by atoms with Crippen LogP contribution in [0.15, 0.2) is 65.6 Å². The van der Waals surface area contributed by atoms with Gasteiger partial charge in [0.05, 0.1) is 17.6 Å². The van der Waals surface area contributed by atoms with Crippen LogP contribution < -0.4 is 5.32 Å². The third-order valence-electron chi connectivity index (χ3n) is 4.18. The number of hydrogen-bond acceptors (Lipinski definition) is 5. The van der Waals surface area contributed by atoms with Gasteiger partial charge in [0.1, 0.15) is 10.9 Å². The van der Waals surface area contributed by atoms with E-state index in [1.165, 1.54) is 16.7 Å². The number of aliphatic hydroxyl groups excluding tert-OH is 1. The van der Waals surface area contributed by atoms with Gasteiger partial charge in [0.15, 0.2) is 0 Å². The Bertz CT molecular complexity index is 885. The van der Waals surface area contributed by atoms with Crippen LogP contribution in [0.3, 0.4) is 0 Å². The zero-order chi connectivity index (χ0) is 19.9. The van der Waals surface area contributed by atoms with E-state index in [1.54, 1.807) is 6.08 Å². The number of thioether (sulfide) groups is 1. The third-order valence-corrected chi connectivity index (χ3v) is 5.56. The van der Waals surface area contributed by atoms with Gasteiger partial charge < -0.3 is 10.4 Å². The van der Waals surface area contributed by atoms with Gasteiger partial charge >= 0.3 is 0 Å². The van der Waals surface area contributed by atoms with Crippen LogP contribution in [-0.4, -0.2) is 45.3 Å². The summed E-state index contributed by atoms with van der Waals surface area (Å²) in [5.74, 6) is -0.634. The van der Waals surface area contributed by atoms with Crippen molar-refractivity contribution in [3.8, 4) is 0 Å². The minimum Gasteiger partial charge on any atom is -0.394 e. The van der Waals surface area contributed by atoms with Gasteiger partial charge in [0.25, 0.3) is 5.91 Å². The van der Waals surface area contributed by atoms with Crippen LogP contribution >= 0.6 is 24.0 Å². The molecule has 2 N–H and O–H groups in total. The van der Waals surface area contributed by atoms with Gasteiger partial charge in [-0.05, 0) is 23.6 Å². The lowest BCUT2D eigenvalue weighted by molar-refractivity contribution is -0.129. The van der Waals surface area contributed by atoms with E-state index in [9.17, 15) is 14.7 Å². The van der Waals surface area contributed by atoms with E-state index >= 15 is 0 Å². The summed E-state index contributed by atoms with van der Waals surface area (Å²) in [7, 11) is 0. The lowest BCUT2D eigenvalue weighted by Crippen LogP contribution is -2.45. The van der Waals surface area contributed by atoms with E-state index in [0.29, 0.717) is 15.6 Å². The van der Waals surface area contributed by atoms with Crippen LogP contribution in [0.1, 0.15) is 11.1 Å². The van der Waals surface area contributed by atoms with Crippen LogP contribution in [0.25, 0.3) is 6.08 Å². The summed E-state index contributed by atoms with van der Waals surface area (Å²) in [6, 6.07) is 18.7. The molecule has 0 bridgehead atoms. The molecule has 1 aliphatic rings. The van der Waals surface area contributed by atoms with Gasteiger partial charge in [-0.2, -0.15) is 0 Å². The first-order valence-electron chi connectivity index (χ1n) is 8.81. The average Bonchev–Trinajstić information content (AvgIpc) is 2.96. The number of benzene rings is 2. The van der Waals surface area contributed by atoms with E-state index in [-0.39, 0.29) is 25.0 Å². The normalized spacial score (nSPS) is 16.5. The quantitative estimate of drug-likeness (QED) is 0.540. The molecule has 0 aromatic heterocycles. The highest BCUT2D eigenvalue weighted by Gasteiger charge is 2.33. The number of carbonyl (C=O) groups is 2. The van der Waals surface area contributed by atoms with Crippen molar-refractivity contribution in [2.75, 3.05) is 13.2 Å². The second-order valence-corrected chi connectivity index (χ2v) is 7.99. The fraction of sp³-hybridized carbons (Fsp3) is 0.190. The highest BCUT2D eigenvalue weighted by Crippen LogP contribution is 2.32. The molecule has 28 heavy (non-hydrogen) atoms. The first-order chi connectivity index (χ1) is 13.6. The summed E-state index contributed by atoms with van der Waals surface area (Å²) in [5, 5.41) is 12.3. The summed E-state index contributed by atoms with van der Waals surface area (Å²) in [4.78, 5) is 26.8. The zero-order valence-corrected chi connectivity index (χ0v) is 16.7. The highest BCUT2D eigenvalue weighted by molar-refractivity contribution is 8.26. The van der Waals surface area contributed by atoms with Gasteiger partial charge in [0, 0.05) is 0 Å². The average molecular weight is 413 g/mol. The van der Waals surface area contributed by atoms with Crippen LogP contribution in [0.4, 0.5) is 0 Å². The van der Waals surface area contributed by atoms with Gasteiger partial charge in [-0.1, -0.05) is 84.6 Å². The Morgan fingerprint density at radius 1 is 1.14 bits per heavy atom. The molecule has 144 valence electrons. The Morgan fingerprint density at radius 3 is 2.43 bits per heavy atom. The summed E-state index contributed by atoms with van der Waals surface area (Å²) in [5.41, 5.74) is 1.91. The van der Waals surface area contributed by atoms with Gasteiger partial charge in [-0.15, -0.1) is 0 Å². The van der Waals surface area contributed by atoms with Crippen LogP contribution in [0.5, 0.6) is 0 Å². The summed E-state index contributed by atoms with van der Waals surface area (Å²) >= 11 is 6.46. The molecule has 7 heteroatoms. The molecule has 1 saturated heterocycles. The van der Waals surface area contributed by atoms with E-state index in [0.717, 1.165) is 11.1 Å². The van der Waals surface area contributed by atoms with Crippen molar-refractivity contribution >= 4 is 46.2 Å². The number of rotatable bonds is 7. The van der Waals surface area contributed by atoms with Crippen molar-refractivity contribution in [3.63, 3.8) is 0 Å². The Kier molecular flexibility index (Phi) is 6.97. The first-order valence-corrected chi connectivity index (χ1v) is 10.0. The van der Waals surface area contributed by atoms with Crippen molar-refractivity contribution in [3.05, 3.63) is 76.7 Å². The smallest absolute Gasteiger partial charge is 0.266 e. The summed E-state index contributed by atoms with van der Waals surface area (Å²) in [6.45, 7) is -0.352. The minimum absolute atomic E-state index is 0.165. The van der Waals surface area contributed by atoms with Crippen molar-refractivity contribution in [2.24, 2.45) is 0 Å². The number of carbonyl (C=O) groups excluding carboxylic acids is 2. The molecule has 2 amide bonds. The molecule has 0 saturated carbocycles. The molecule has 0 aliphatic carbocycles. The standard InChI is InChI=1S/C21H20N2O3S2/c24-14-17(11-15-7-3-1-4-8-15)22-19(25)13-23-20(26)18(28-21(23)27)12-16-9-5-2-6-10-16/h1-10,12,17,24H,11,13-14H2,(H,22,25)/b18-12-/t17-/m0/s1. The molecule has 5 nitrogen and oxygen atoms in total. The second-order valence-electron chi connectivity index (χ2n) is 6.32. The maximum absolute atomic E-state index is 12.6. The van der Waals surface area contributed by atoms with E-state index in [1.807, 2.05) is 60.7 Å². The fourth-order valence-electron chi connectivity index (χ4n) is 2.81.